The molecular weight excluding hydrogens is 449 g/mol. The van der Waals surface area contributed by atoms with E-state index in [4.69, 9.17) is 0 Å². The first kappa shape index (κ1) is 23.2. The maximum atomic E-state index is 13.0. The van der Waals surface area contributed by atoms with Gasteiger partial charge in [0, 0.05) is 43.3 Å². The Bertz CT molecular complexity index is 1090. The summed E-state index contributed by atoms with van der Waals surface area (Å²) in [6.45, 7) is 6.42. The lowest BCUT2D eigenvalue weighted by molar-refractivity contribution is -0.137. The zero-order valence-electron chi connectivity index (χ0n) is 18.5. The van der Waals surface area contributed by atoms with Crippen LogP contribution < -0.4 is 4.90 Å². The Hall–Kier alpha value is -2.94. The molecule has 1 saturated heterocycles. The van der Waals surface area contributed by atoms with Gasteiger partial charge >= 0.3 is 6.18 Å². The van der Waals surface area contributed by atoms with Crippen LogP contribution in [0.1, 0.15) is 47.8 Å². The van der Waals surface area contributed by atoms with Crippen molar-refractivity contribution in [1.82, 2.24) is 14.9 Å². The number of pyridine rings is 1. The van der Waals surface area contributed by atoms with E-state index in [1.807, 2.05) is 17.0 Å². The topological polar surface area (TPSA) is 49.3 Å². The summed E-state index contributed by atoms with van der Waals surface area (Å²) in [5, 5.41) is 2.59. The quantitative estimate of drug-likeness (QED) is 0.487. The standard InChI is InChI=1S/C24H25F3N4OS/c1-16(2)17-4-6-18(7-5-17)22-29-20(15-33-22)23(32)31-11-3-10-30(12-13-31)21-9-8-19(14-28-21)24(25,26)27/h4-9,14-16H,3,10-13H2,1-2H3. The number of hydrogen-bond donors (Lipinski definition) is 0. The van der Waals surface area contributed by atoms with Crippen LogP contribution in [0.4, 0.5) is 19.0 Å². The van der Waals surface area contributed by atoms with Gasteiger partial charge in [-0.2, -0.15) is 13.2 Å². The lowest BCUT2D eigenvalue weighted by atomic mass is 10.0. The van der Waals surface area contributed by atoms with Crippen molar-refractivity contribution in [1.29, 1.82) is 0 Å². The fourth-order valence-corrected chi connectivity index (χ4v) is 4.57. The number of rotatable bonds is 4. The summed E-state index contributed by atoms with van der Waals surface area (Å²) in [4.78, 5) is 25.3. The highest BCUT2D eigenvalue weighted by atomic mass is 32.1. The number of benzene rings is 1. The number of amides is 1. The molecule has 5 nitrogen and oxygen atoms in total. The third kappa shape index (κ3) is 5.35. The lowest BCUT2D eigenvalue weighted by Gasteiger charge is -2.22. The molecule has 1 aliphatic rings. The van der Waals surface area contributed by atoms with Crippen molar-refractivity contribution in [3.63, 3.8) is 0 Å². The molecule has 0 N–H and O–H groups in total. The molecule has 3 aromatic rings. The number of halogens is 3. The lowest BCUT2D eigenvalue weighted by Crippen LogP contribution is -2.35. The van der Waals surface area contributed by atoms with Crippen LogP contribution in [-0.2, 0) is 6.18 Å². The molecule has 33 heavy (non-hydrogen) atoms. The first-order valence-electron chi connectivity index (χ1n) is 10.9. The third-order valence-corrected chi connectivity index (χ3v) is 6.62. The molecule has 0 spiro atoms. The first-order valence-corrected chi connectivity index (χ1v) is 11.7. The zero-order chi connectivity index (χ0) is 23.6. The smallest absolute Gasteiger partial charge is 0.355 e. The van der Waals surface area contributed by atoms with Gasteiger partial charge in [-0.15, -0.1) is 11.3 Å². The molecule has 2 aromatic heterocycles. The van der Waals surface area contributed by atoms with Crippen molar-refractivity contribution in [3.8, 4) is 10.6 Å². The molecule has 4 rings (SSSR count). The van der Waals surface area contributed by atoms with Gasteiger partial charge in [-0.25, -0.2) is 9.97 Å². The predicted octanol–water partition coefficient (Wildman–Crippen LogP) is 5.70. The van der Waals surface area contributed by atoms with Gasteiger partial charge in [-0.3, -0.25) is 4.79 Å². The highest BCUT2D eigenvalue weighted by Crippen LogP contribution is 2.30. The number of alkyl halides is 3. The van der Waals surface area contributed by atoms with Crippen LogP contribution in [0.2, 0.25) is 0 Å². The van der Waals surface area contributed by atoms with E-state index in [0.717, 1.165) is 22.8 Å². The number of anilines is 1. The van der Waals surface area contributed by atoms with Gasteiger partial charge < -0.3 is 9.80 Å². The summed E-state index contributed by atoms with van der Waals surface area (Å²) in [6, 6.07) is 10.7. The Labute approximate surface area is 194 Å². The number of carbonyl (C=O) groups is 1. The van der Waals surface area contributed by atoms with Crippen molar-refractivity contribution in [2.24, 2.45) is 0 Å². The average molecular weight is 475 g/mol. The van der Waals surface area contributed by atoms with Crippen LogP contribution in [0.25, 0.3) is 10.6 Å². The van der Waals surface area contributed by atoms with E-state index in [2.05, 4.69) is 35.9 Å². The van der Waals surface area contributed by atoms with E-state index >= 15 is 0 Å². The van der Waals surface area contributed by atoms with Crippen LogP contribution in [0.5, 0.6) is 0 Å². The minimum absolute atomic E-state index is 0.126. The summed E-state index contributed by atoms with van der Waals surface area (Å²) in [7, 11) is 0. The number of thiazole rings is 1. The Morgan fingerprint density at radius 3 is 2.42 bits per heavy atom. The van der Waals surface area contributed by atoms with E-state index in [1.165, 1.54) is 23.0 Å². The number of aromatic nitrogens is 2. The van der Waals surface area contributed by atoms with Crippen LogP contribution >= 0.6 is 11.3 Å². The summed E-state index contributed by atoms with van der Waals surface area (Å²) in [5.41, 5.74) is 1.89. The molecule has 0 unspecified atom stereocenters. The molecule has 174 valence electrons. The Balaban J connectivity index is 1.41. The highest BCUT2D eigenvalue weighted by molar-refractivity contribution is 7.13. The Kier molecular flexibility index (Phi) is 6.69. The molecule has 1 fully saturated rings. The van der Waals surface area contributed by atoms with Crippen LogP contribution in [0, 0.1) is 0 Å². The molecule has 0 atom stereocenters. The van der Waals surface area contributed by atoms with E-state index in [-0.39, 0.29) is 5.91 Å². The largest absolute Gasteiger partial charge is 0.417 e. The van der Waals surface area contributed by atoms with Crippen molar-refractivity contribution in [2.45, 2.75) is 32.4 Å². The zero-order valence-corrected chi connectivity index (χ0v) is 19.3. The minimum atomic E-state index is -4.41. The van der Waals surface area contributed by atoms with Crippen LogP contribution in [0.15, 0.2) is 48.0 Å². The van der Waals surface area contributed by atoms with Crippen molar-refractivity contribution in [2.75, 3.05) is 31.1 Å². The second-order valence-corrected chi connectivity index (χ2v) is 9.21. The Morgan fingerprint density at radius 2 is 1.79 bits per heavy atom. The fraction of sp³-hybridized carbons (Fsp3) is 0.375. The summed E-state index contributed by atoms with van der Waals surface area (Å²) >= 11 is 1.44. The SMILES string of the molecule is CC(C)c1ccc(-c2nc(C(=O)N3CCCN(c4ccc(C(F)(F)F)cn4)CC3)cs2)cc1. The monoisotopic (exact) mass is 474 g/mol. The number of carbonyl (C=O) groups excluding carboxylic acids is 1. The summed E-state index contributed by atoms with van der Waals surface area (Å²) in [6.07, 6.45) is -2.86. The summed E-state index contributed by atoms with van der Waals surface area (Å²) in [5.74, 6) is 0.810. The van der Waals surface area contributed by atoms with Gasteiger partial charge in [-0.05, 0) is 30.0 Å². The van der Waals surface area contributed by atoms with Crippen molar-refractivity contribution < 1.29 is 18.0 Å². The van der Waals surface area contributed by atoms with Crippen LogP contribution in [-0.4, -0.2) is 47.0 Å². The number of nitrogens with zero attached hydrogens (tertiary/aromatic N) is 4. The minimum Gasteiger partial charge on any atom is -0.355 e. The third-order valence-electron chi connectivity index (χ3n) is 5.73. The molecule has 3 heterocycles. The van der Waals surface area contributed by atoms with Crippen LogP contribution in [0.3, 0.4) is 0 Å². The van der Waals surface area contributed by atoms with Gasteiger partial charge in [0.25, 0.3) is 5.91 Å². The van der Waals surface area contributed by atoms with E-state index < -0.39 is 11.7 Å². The van der Waals surface area contributed by atoms with Gasteiger partial charge in [0.1, 0.15) is 16.5 Å². The van der Waals surface area contributed by atoms with E-state index in [9.17, 15) is 18.0 Å². The van der Waals surface area contributed by atoms with Gasteiger partial charge in [0.05, 0.1) is 5.56 Å². The van der Waals surface area contributed by atoms with Crippen molar-refractivity contribution in [3.05, 3.63) is 64.8 Å². The predicted molar refractivity (Wildman–Crippen MR) is 124 cm³/mol. The molecule has 0 aliphatic carbocycles. The van der Waals surface area contributed by atoms with Gasteiger partial charge in [-0.1, -0.05) is 38.1 Å². The molecule has 1 aromatic carbocycles. The van der Waals surface area contributed by atoms with Gasteiger partial charge in [0.15, 0.2) is 0 Å². The second-order valence-electron chi connectivity index (χ2n) is 8.35. The fourth-order valence-electron chi connectivity index (χ4n) is 3.77. The maximum Gasteiger partial charge on any atom is 0.417 e. The maximum absolute atomic E-state index is 13.0. The normalized spacial score (nSPS) is 15.1. The second kappa shape index (κ2) is 9.51. The molecule has 9 heteroatoms. The van der Waals surface area contributed by atoms with E-state index in [1.54, 1.807) is 10.3 Å². The molecular formula is C24H25F3N4OS. The molecule has 0 saturated carbocycles. The van der Waals surface area contributed by atoms with Crippen molar-refractivity contribution >= 4 is 23.1 Å². The summed E-state index contributed by atoms with van der Waals surface area (Å²) < 4.78 is 38.4. The average Bonchev–Trinajstić information content (AvgIpc) is 3.16. The number of hydrogen-bond acceptors (Lipinski definition) is 5. The Morgan fingerprint density at radius 1 is 1.03 bits per heavy atom. The molecule has 1 aliphatic heterocycles. The molecule has 1 amide bonds. The highest BCUT2D eigenvalue weighted by Gasteiger charge is 2.31. The first-order chi connectivity index (χ1) is 15.7. The van der Waals surface area contributed by atoms with E-state index in [0.29, 0.717) is 50.0 Å². The molecule has 0 bridgehead atoms. The van der Waals surface area contributed by atoms with Gasteiger partial charge in [0.2, 0.25) is 0 Å². The molecule has 0 radical (unpaired) electrons.